The molecule has 0 unspecified atom stereocenters. The molecule has 25 heavy (non-hydrogen) atoms. The number of halogens is 3. The van der Waals surface area contributed by atoms with E-state index in [-0.39, 0.29) is 11.8 Å². The molecule has 1 aliphatic rings. The number of carbonyl (C=O) groups is 1. The fraction of sp³-hybridized carbons (Fsp3) is 0.438. The zero-order valence-electron chi connectivity index (χ0n) is 13.3. The van der Waals surface area contributed by atoms with Crippen molar-refractivity contribution >= 4 is 5.91 Å². The molecule has 6 nitrogen and oxygen atoms in total. The third-order valence-electron chi connectivity index (χ3n) is 3.98. The van der Waals surface area contributed by atoms with Crippen LogP contribution in [-0.4, -0.2) is 45.2 Å². The first-order valence-corrected chi connectivity index (χ1v) is 7.86. The van der Waals surface area contributed by atoms with Crippen molar-refractivity contribution in [2.24, 2.45) is 0 Å². The fourth-order valence-electron chi connectivity index (χ4n) is 2.69. The van der Waals surface area contributed by atoms with Gasteiger partial charge in [-0.3, -0.25) is 14.9 Å². The molecule has 1 N–H and O–H groups in total. The topological polar surface area (TPSA) is 71.1 Å². The Hall–Kier alpha value is -2.42. The van der Waals surface area contributed by atoms with Crippen LogP contribution in [0.3, 0.4) is 0 Å². The largest absolute Gasteiger partial charge is 0.432 e. The molecule has 1 fully saturated rings. The summed E-state index contributed by atoms with van der Waals surface area (Å²) < 4.78 is 43.6. The Labute approximate surface area is 142 Å². The summed E-state index contributed by atoms with van der Waals surface area (Å²) in [5, 5.41) is 5.35. The van der Waals surface area contributed by atoms with Crippen LogP contribution in [-0.2, 0) is 17.5 Å². The molecule has 134 valence electrons. The highest BCUT2D eigenvalue weighted by molar-refractivity contribution is 5.92. The van der Waals surface area contributed by atoms with E-state index in [1.54, 1.807) is 12.4 Å². The molecule has 1 aliphatic heterocycles. The average molecular weight is 354 g/mol. The van der Waals surface area contributed by atoms with Gasteiger partial charge >= 0.3 is 6.18 Å². The lowest BCUT2D eigenvalue weighted by molar-refractivity contribution is -0.141. The second-order valence-electron chi connectivity index (χ2n) is 5.85. The number of pyridine rings is 1. The van der Waals surface area contributed by atoms with Crippen molar-refractivity contribution in [2.45, 2.75) is 31.7 Å². The molecule has 0 bridgehead atoms. The van der Waals surface area contributed by atoms with Crippen molar-refractivity contribution in [1.82, 2.24) is 20.1 Å². The van der Waals surface area contributed by atoms with E-state index in [2.05, 4.69) is 10.1 Å². The van der Waals surface area contributed by atoms with Crippen LogP contribution >= 0.6 is 0 Å². The maximum absolute atomic E-state index is 12.6. The Balaban J connectivity index is 1.59. The molecule has 9 heteroatoms. The molecule has 1 amide bonds. The maximum Gasteiger partial charge on any atom is 0.432 e. The van der Waals surface area contributed by atoms with E-state index in [1.165, 1.54) is 4.90 Å². The van der Waals surface area contributed by atoms with Crippen molar-refractivity contribution < 1.29 is 22.7 Å². The molecule has 0 saturated carbocycles. The Morgan fingerprint density at radius 2 is 2.28 bits per heavy atom. The lowest BCUT2D eigenvalue weighted by Crippen LogP contribution is -2.43. The number of rotatable bonds is 4. The highest BCUT2D eigenvalue weighted by Gasteiger charge is 2.35. The number of alkyl halides is 3. The van der Waals surface area contributed by atoms with Crippen molar-refractivity contribution in [3.63, 3.8) is 0 Å². The van der Waals surface area contributed by atoms with Crippen molar-refractivity contribution in [3.8, 4) is 0 Å². The van der Waals surface area contributed by atoms with Crippen LogP contribution in [0.25, 0.3) is 0 Å². The number of aromatic amines is 1. The van der Waals surface area contributed by atoms with E-state index in [4.69, 9.17) is 4.74 Å². The number of aromatic nitrogens is 3. The van der Waals surface area contributed by atoms with Gasteiger partial charge in [-0.05, 0) is 24.5 Å². The zero-order chi connectivity index (χ0) is 17.9. The van der Waals surface area contributed by atoms with Crippen LogP contribution in [0, 0.1) is 0 Å². The van der Waals surface area contributed by atoms with Gasteiger partial charge in [-0.25, -0.2) is 0 Å². The van der Waals surface area contributed by atoms with Crippen molar-refractivity contribution in [1.29, 1.82) is 0 Å². The Morgan fingerprint density at radius 3 is 2.96 bits per heavy atom. The first kappa shape index (κ1) is 17.4. The van der Waals surface area contributed by atoms with E-state index < -0.39 is 17.8 Å². The van der Waals surface area contributed by atoms with Gasteiger partial charge in [0.1, 0.15) is 5.69 Å². The molecule has 0 aliphatic carbocycles. The normalized spacial score (nSPS) is 18.4. The lowest BCUT2D eigenvalue weighted by atomic mass is 10.1. The monoisotopic (exact) mass is 354 g/mol. The van der Waals surface area contributed by atoms with E-state index in [0.717, 1.165) is 24.5 Å². The van der Waals surface area contributed by atoms with Gasteiger partial charge in [-0.1, -0.05) is 6.07 Å². The molecule has 3 heterocycles. The van der Waals surface area contributed by atoms with E-state index in [0.29, 0.717) is 19.7 Å². The van der Waals surface area contributed by atoms with Gasteiger partial charge in [-0.2, -0.15) is 18.3 Å². The summed E-state index contributed by atoms with van der Waals surface area (Å²) >= 11 is 0. The minimum absolute atomic E-state index is 0.168. The molecular weight excluding hydrogens is 337 g/mol. The molecule has 2 aromatic rings. The maximum atomic E-state index is 12.6. The zero-order valence-corrected chi connectivity index (χ0v) is 13.3. The number of carbonyl (C=O) groups excluding carboxylic acids is 1. The predicted molar refractivity (Wildman–Crippen MR) is 81.5 cm³/mol. The van der Waals surface area contributed by atoms with Crippen LogP contribution in [0.5, 0.6) is 0 Å². The lowest BCUT2D eigenvalue weighted by Gasteiger charge is -2.32. The standard InChI is InChI=1S/C16H17F3N4O2/c17-16(18,19)14-7-13(21-22-14)15(24)23-6-2-4-12(9-23)25-10-11-3-1-5-20-8-11/h1,3,5,7-8,12H,2,4,6,9-10H2,(H,21,22)/t12-/m0/s1. The Bertz CT molecular complexity index is 718. The van der Waals surface area contributed by atoms with Gasteiger partial charge in [-0.15, -0.1) is 0 Å². The number of piperidine rings is 1. The van der Waals surface area contributed by atoms with Crippen LogP contribution in [0.2, 0.25) is 0 Å². The molecule has 1 atom stereocenters. The SMILES string of the molecule is O=C(c1cc(C(F)(F)F)[nH]n1)N1CCC[C@H](OCc2cccnc2)C1. The number of amides is 1. The third-order valence-corrected chi connectivity index (χ3v) is 3.98. The van der Waals surface area contributed by atoms with Gasteiger partial charge in [0.2, 0.25) is 0 Å². The number of hydrogen-bond donors (Lipinski definition) is 1. The quantitative estimate of drug-likeness (QED) is 0.916. The summed E-state index contributed by atoms with van der Waals surface area (Å²) in [5.41, 5.74) is -0.342. The van der Waals surface area contributed by atoms with E-state index in [9.17, 15) is 18.0 Å². The summed E-state index contributed by atoms with van der Waals surface area (Å²) in [6.45, 7) is 1.17. The smallest absolute Gasteiger partial charge is 0.372 e. The number of likely N-dealkylation sites (tertiary alicyclic amines) is 1. The number of H-pyrrole nitrogens is 1. The van der Waals surface area contributed by atoms with Crippen LogP contribution in [0.4, 0.5) is 13.2 Å². The molecule has 2 aromatic heterocycles. The summed E-state index contributed by atoms with van der Waals surface area (Å²) in [6, 6.07) is 4.44. The molecule has 0 aromatic carbocycles. The number of nitrogens with one attached hydrogen (secondary N) is 1. The Kier molecular flexibility index (Phi) is 5.03. The second-order valence-corrected chi connectivity index (χ2v) is 5.85. The first-order chi connectivity index (χ1) is 11.9. The highest BCUT2D eigenvalue weighted by atomic mass is 19.4. The van der Waals surface area contributed by atoms with Crippen molar-refractivity contribution in [3.05, 3.63) is 47.5 Å². The average Bonchev–Trinajstić information content (AvgIpc) is 3.11. The molecule has 3 rings (SSSR count). The van der Waals surface area contributed by atoms with Crippen LogP contribution in [0.1, 0.15) is 34.6 Å². The molecule has 0 radical (unpaired) electrons. The summed E-state index contributed by atoms with van der Waals surface area (Å²) in [7, 11) is 0. The van der Waals surface area contributed by atoms with E-state index in [1.807, 2.05) is 17.2 Å². The molecule has 0 spiro atoms. The minimum Gasteiger partial charge on any atom is -0.372 e. The Morgan fingerprint density at radius 1 is 1.44 bits per heavy atom. The number of nitrogens with zero attached hydrogens (tertiary/aromatic N) is 3. The molecule has 1 saturated heterocycles. The van der Waals surface area contributed by atoms with Gasteiger partial charge < -0.3 is 9.64 Å². The number of hydrogen-bond acceptors (Lipinski definition) is 4. The fourth-order valence-corrected chi connectivity index (χ4v) is 2.69. The minimum atomic E-state index is -4.55. The first-order valence-electron chi connectivity index (χ1n) is 7.86. The van der Waals surface area contributed by atoms with Crippen LogP contribution < -0.4 is 0 Å². The van der Waals surface area contributed by atoms with Gasteiger partial charge in [0.25, 0.3) is 5.91 Å². The van der Waals surface area contributed by atoms with Crippen molar-refractivity contribution in [2.75, 3.05) is 13.1 Å². The predicted octanol–water partition coefficient (Wildman–Crippen LogP) is 2.64. The summed E-state index contributed by atoms with van der Waals surface area (Å²) in [6.07, 6.45) is 0.165. The van der Waals surface area contributed by atoms with Gasteiger partial charge in [0.15, 0.2) is 5.69 Å². The van der Waals surface area contributed by atoms with E-state index >= 15 is 0 Å². The highest BCUT2D eigenvalue weighted by Crippen LogP contribution is 2.28. The number of ether oxygens (including phenoxy) is 1. The third kappa shape index (κ3) is 4.36. The molecular formula is C16H17F3N4O2. The second kappa shape index (κ2) is 7.22. The van der Waals surface area contributed by atoms with Crippen LogP contribution in [0.15, 0.2) is 30.6 Å². The van der Waals surface area contributed by atoms with Gasteiger partial charge in [0, 0.05) is 31.5 Å². The van der Waals surface area contributed by atoms with Gasteiger partial charge in [0.05, 0.1) is 12.7 Å². The summed E-state index contributed by atoms with van der Waals surface area (Å²) in [5.74, 6) is -0.526. The summed E-state index contributed by atoms with van der Waals surface area (Å²) in [4.78, 5) is 17.9.